The maximum atomic E-state index is 13.2. The Morgan fingerprint density at radius 3 is 2.09 bits per heavy atom. The van der Waals surface area contributed by atoms with Gasteiger partial charge in [0.05, 0.1) is 54.4 Å². The van der Waals surface area contributed by atoms with Gasteiger partial charge in [0.1, 0.15) is 5.75 Å². The maximum absolute atomic E-state index is 13.2. The number of rotatable bonds is 7. The molecule has 46 heavy (non-hydrogen) atoms. The lowest BCUT2D eigenvalue weighted by atomic mass is 9.75. The van der Waals surface area contributed by atoms with Gasteiger partial charge in [-0.2, -0.15) is 8.42 Å². The third kappa shape index (κ3) is 7.83. The molecule has 0 aromatic heterocycles. The molecule has 9 nitrogen and oxygen atoms in total. The lowest BCUT2D eigenvalue weighted by molar-refractivity contribution is -0.941. The Morgan fingerprint density at radius 1 is 0.913 bits per heavy atom. The molecule has 0 aliphatic carbocycles. The summed E-state index contributed by atoms with van der Waals surface area (Å²) in [7, 11) is -7.52. The molecule has 0 radical (unpaired) electrons. The van der Waals surface area contributed by atoms with Crippen LogP contribution in [0.3, 0.4) is 0 Å². The smallest absolute Gasteiger partial charge is 0.294 e. The molecular weight excluding hydrogens is 625 g/mol. The largest absolute Gasteiger partial charge is 0.493 e. The molecule has 2 atom stereocenters. The van der Waals surface area contributed by atoms with Crippen molar-refractivity contribution < 1.29 is 35.7 Å². The van der Waals surface area contributed by atoms with Gasteiger partial charge in [-0.1, -0.05) is 61.4 Å². The number of aliphatic hydroxyl groups excluding tert-OH is 1. The van der Waals surface area contributed by atoms with Crippen LogP contribution in [0.15, 0.2) is 76.5 Å². The van der Waals surface area contributed by atoms with E-state index in [1.54, 1.807) is 18.2 Å². The van der Waals surface area contributed by atoms with Gasteiger partial charge in [0.2, 0.25) is 0 Å². The molecule has 11 heteroatoms. The zero-order chi connectivity index (χ0) is 33.3. The predicted molar refractivity (Wildman–Crippen MR) is 179 cm³/mol. The van der Waals surface area contributed by atoms with Gasteiger partial charge < -0.3 is 14.3 Å². The average molecular weight is 672 g/mol. The van der Waals surface area contributed by atoms with Crippen LogP contribution in [-0.4, -0.2) is 100 Å². The van der Waals surface area contributed by atoms with Crippen molar-refractivity contribution in [1.29, 1.82) is 0 Å². The summed E-state index contributed by atoms with van der Waals surface area (Å²) in [6, 6.07) is 19.3. The van der Waals surface area contributed by atoms with E-state index in [9.17, 15) is 21.9 Å². The van der Waals surface area contributed by atoms with Gasteiger partial charge in [-0.25, -0.2) is 8.42 Å². The Balaban J connectivity index is 0.000000322. The summed E-state index contributed by atoms with van der Waals surface area (Å²) < 4.78 is 63.2. The highest BCUT2D eigenvalue weighted by molar-refractivity contribution is 7.91. The third-order valence-electron chi connectivity index (χ3n) is 9.79. The van der Waals surface area contributed by atoms with E-state index >= 15 is 0 Å². The Labute approximate surface area is 274 Å². The molecule has 3 aromatic rings. The lowest BCUT2D eigenvalue weighted by Gasteiger charge is -2.50. The number of hydrogen-bond acceptors (Lipinski definition) is 7. The van der Waals surface area contributed by atoms with Gasteiger partial charge in [-0.3, -0.25) is 9.45 Å². The second-order valence-electron chi connectivity index (χ2n) is 13.8. The van der Waals surface area contributed by atoms with E-state index in [4.69, 9.17) is 9.29 Å². The molecule has 2 bridgehead atoms. The molecule has 3 fully saturated rings. The summed E-state index contributed by atoms with van der Waals surface area (Å²) in [6.45, 7) is 16.9. The monoisotopic (exact) mass is 671 g/mol. The summed E-state index contributed by atoms with van der Waals surface area (Å²) in [6.07, 6.45) is 0.216. The fraction of sp³-hybridized carbons (Fsp3) is 0.486. The zero-order valence-electron chi connectivity index (χ0n) is 27.2. The van der Waals surface area contributed by atoms with Crippen molar-refractivity contribution in [3.8, 4) is 5.75 Å². The number of quaternary nitrogens is 1. The molecule has 0 saturated carbocycles. The topological polar surface area (TPSA) is 121 Å². The molecule has 2 N–H and O–H groups in total. The molecule has 7 rings (SSSR count). The van der Waals surface area contributed by atoms with Crippen molar-refractivity contribution in [2.45, 2.75) is 55.9 Å². The molecule has 4 aliphatic rings. The molecule has 0 spiro atoms. The fourth-order valence-electron chi connectivity index (χ4n) is 6.97. The number of nitrogens with zero attached hydrogens (tertiary/aromatic N) is 2. The molecular formula is C35H47N2O7S2+. The van der Waals surface area contributed by atoms with Crippen molar-refractivity contribution in [2.24, 2.45) is 5.41 Å². The molecule has 4 heterocycles. The predicted octanol–water partition coefficient (Wildman–Crippen LogP) is 4.46. The van der Waals surface area contributed by atoms with E-state index in [0.29, 0.717) is 17.1 Å². The van der Waals surface area contributed by atoms with Crippen LogP contribution < -0.4 is 4.74 Å². The van der Waals surface area contributed by atoms with E-state index in [-0.39, 0.29) is 10.6 Å². The van der Waals surface area contributed by atoms with Gasteiger partial charge in [0, 0.05) is 37.4 Å². The van der Waals surface area contributed by atoms with Crippen molar-refractivity contribution >= 4 is 20.0 Å². The summed E-state index contributed by atoms with van der Waals surface area (Å²) >= 11 is 0. The number of hydrogen-bond donors (Lipinski definition) is 2. The van der Waals surface area contributed by atoms with Crippen molar-refractivity contribution in [1.82, 2.24) is 4.90 Å². The van der Waals surface area contributed by atoms with E-state index in [0.717, 1.165) is 28.9 Å². The van der Waals surface area contributed by atoms with Crippen LogP contribution in [-0.2, 0) is 20.0 Å². The number of aryl methyl sites for hydroxylation is 2. The minimum Gasteiger partial charge on any atom is -0.493 e. The highest BCUT2D eigenvalue weighted by atomic mass is 32.2. The SMILES string of the molecule is Cc1ccc(S(=O)(=O)O)cc1.Cc1ccc2c(c1)[C@@H](c1ccc(OCCC[N+]34CCN(CC3)CC4)cc1)[C@@H](O)C(C)(C)CS2(=O)=O. The molecule has 0 unspecified atom stereocenters. The van der Waals surface area contributed by atoms with Gasteiger partial charge in [-0.05, 0) is 55.3 Å². The number of sulfone groups is 1. The average Bonchev–Trinajstić information content (AvgIpc) is 3.06. The molecule has 0 amide bonds. The van der Waals surface area contributed by atoms with Crippen molar-refractivity contribution in [3.63, 3.8) is 0 Å². The van der Waals surface area contributed by atoms with E-state index in [1.807, 2.05) is 64.1 Å². The summed E-state index contributed by atoms with van der Waals surface area (Å²) in [5.74, 6) is 0.323. The molecule has 3 aromatic carbocycles. The van der Waals surface area contributed by atoms with Crippen LogP contribution in [0.25, 0.3) is 0 Å². The number of ether oxygens (including phenoxy) is 1. The minimum absolute atomic E-state index is 0.0666. The second-order valence-corrected chi connectivity index (χ2v) is 17.2. The third-order valence-corrected chi connectivity index (χ3v) is 12.8. The first kappa shape index (κ1) is 34.5. The van der Waals surface area contributed by atoms with Crippen LogP contribution in [0.5, 0.6) is 5.75 Å². The Kier molecular flexibility index (Phi) is 10.0. The first-order valence-corrected chi connectivity index (χ1v) is 19.0. The van der Waals surface area contributed by atoms with Gasteiger partial charge >= 0.3 is 0 Å². The second kappa shape index (κ2) is 13.4. The first-order valence-electron chi connectivity index (χ1n) is 15.9. The number of aliphatic hydroxyl groups is 1. The van der Waals surface area contributed by atoms with Gasteiger partial charge in [0.15, 0.2) is 9.84 Å². The van der Waals surface area contributed by atoms with Crippen LogP contribution in [0.2, 0.25) is 0 Å². The highest BCUT2D eigenvalue weighted by Gasteiger charge is 2.45. The number of benzene rings is 3. The van der Waals surface area contributed by atoms with Crippen LogP contribution in [0, 0.1) is 19.3 Å². The number of fused-ring (bicyclic) bond motifs is 4. The standard InChI is InChI=1S/C28H39N2O4S.C7H8O3S/c1-21-5-10-25-24(19-21)26(27(31)28(2,3)20-35(25,32)33)22-6-8-23(9-7-22)34-18-4-14-30-15-11-29(12-16-30)13-17-30;1-6-2-4-7(5-3-6)11(8,9)10/h5-10,19,26-27,31H,4,11-18,20H2,1-3H3;2-5H,1H3,(H,8,9,10)/q+1;/t26-,27-;/m1./s1. The maximum Gasteiger partial charge on any atom is 0.294 e. The Hall–Kier alpha value is -2.80. The normalized spacial score (nSPS) is 26.3. The molecule has 250 valence electrons. The lowest BCUT2D eigenvalue weighted by Crippen LogP contribution is -2.67. The highest BCUT2D eigenvalue weighted by Crippen LogP contribution is 2.45. The Bertz CT molecular complexity index is 1720. The van der Waals surface area contributed by atoms with Gasteiger partial charge in [-0.15, -0.1) is 0 Å². The molecule has 3 saturated heterocycles. The summed E-state index contributed by atoms with van der Waals surface area (Å²) in [4.78, 5) is 2.84. The quantitative estimate of drug-likeness (QED) is 0.215. The van der Waals surface area contributed by atoms with Crippen LogP contribution in [0.4, 0.5) is 0 Å². The van der Waals surface area contributed by atoms with Crippen LogP contribution >= 0.6 is 0 Å². The minimum atomic E-state index is -4.02. The molecule has 4 aliphatic heterocycles. The first-order chi connectivity index (χ1) is 21.6. The van der Waals surface area contributed by atoms with Gasteiger partial charge in [0.25, 0.3) is 10.1 Å². The summed E-state index contributed by atoms with van der Waals surface area (Å²) in [5, 5.41) is 11.4. The van der Waals surface area contributed by atoms with E-state index in [2.05, 4.69) is 4.90 Å². The van der Waals surface area contributed by atoms with E-state index in [1.165, 1.54) is 62.4 Å². The summed E-state index contributed by atoms with van der Waals surface area (Å²) in [5.41, 5.74) is 2.76. The van der Waals surface area contributed by atoms with Crippen LogP contribution in [0.1, 0.15) is 48.4 Å². The zero-order valence-corrected chi connectivity index (χ0v) is 28.9. The van der Waals surface area contributed by atoms with E-state index < -0.39 is 37.4 Å². The number of piperazine rings is 3. The van der Waals surface area contributed by atoms with Crippen molar-refractivity contribution in [2.75, 3.05) is 58.2 Å². The Morgan fingerprint density at radius 2 is 1.50 bits per heavy atom. The van der Waals surface area contributed by atoms with Crippen molar-refractivity contribution in [3.05, 3.63) is 89.0 Å². The fourth-order valence-corrected chi connectivity index (χ4v) is 9.57.